The third-order valence-electron chi connectivity index (χ3n) is 1.60. The molecule has 0 aliphatic heterocycles. The van der Waals surface area contributed by atoms with Crippen LogP contribution in [0.3, 0.4) is 0 Å². The fraction of sp³-hybridized carbons (Fsp3) is 0.333. The third kappa shape index (κ3) is 3.46. The third-order valence-corrected chi connectivity index (χ3v) is 2.49. The molecule has 0 amide bonds. The summed E-state index contributed by atoms with van der Waals surface area (Å²) in [6.45, 7) is 0. The lowest BCUT2D eigenvalue weighted by atomic mass is 10.2. The summed E-state index contributed by atoms with van der Waals surface area (Å²) in [4.78, 5) is 0. The highest BCUT2D eigenvalue weighted by molar-refractivity contribution is 7.90. The second-order valence-electron chi connectivity index (χ2n) is 3.00. The summed E-state index contributed by atoms with van der Waals surface area (Å²) in [6, 6.07) is 7.27. The second kappa shape index (κ2) is 3.79. The Morgan fingerprint density at radius 3 is 2.31 bits per heavy atom. The quantitative estimate of drug-likeness (QED) is 0.808. The molecule has 0 bridgehead atoms. The van der Waals surface area contributed by atoms with Crippen LogP contribution in [-0.2, 0) is 15.5 Å². The largest absolute Gasteiger partial charge is 0.497 e. The molecule has 1 N–H and O–H groups in total. The van der Waals surface area contributed by atoms with Crippen molar-refractivity contribution in [1.29, 1.82) is 4.78 Å². The molecule has 1 unspecified atom stereocenters. The van der Waals surface area contributed by atoms with Crippen LogP contribution in [0.2, 0.25) is 0 Å². The normalized spacial score (nSPS) is 14.9. The first-order valence-corrected chi connectivity index (χ1v) is 5.99. The molecule has 0 aliphatic carbocycles. The molecule has 0 saturated carbocycles. The van der Waals surface area contributed by atoms with E-state index in [4.69, 9.17) is 9.52 Å². The molecule has 1 rings (SSSR count). The summed E-state index contributed by atoms with van der Waals surface area (Å²) in [5.41, 5.74) is 0.906. The van der Waals surface area contributed by atoms with Crippen LogP contribution >= 0.6 is 0 Å². The predicted octanol–water partition coefficient (Wildman–Crippen LogP) is 1.87. The molecule has 0 heterocycles. The van der Waals surface area contributed by atoms with Crippen molar-refractivity contribution in [2.45, 2.75) is 5.75 Å². The SMILES string of the molecule is COc1ccc(CS(C)(=N)=O)cc1. The molecular weight excluding hydrogens is 186 g/mol. The van der Waals surface area contributed by atoms with Crippen LogP contribution in [0.25, 0.3) is 0 Å². The molecular formula is C9H13NO2S. The zero-order chi connectivity index (χ0) is 9.90. The zero-order valence-corrected chi connectivity index (χ0v) is 8.56. The Morgan fingerprint density at radius 1 is 1.38 bits per heavy atom. The number of rotatable bonds is 3. The van der Waals surface area contributed by atoms with Gasteiger partial charge in [-0.2, -0.15) is 0 Å². The molecule has 72 valence electrons. The van der Waals surface area contributed by atoms with Crippen molar-refractivity contribution in [1.82, 2.24) is 0 Å². The van der Waals surface area contributed by atoms with E-state index >= 15 is 0 Å². The van der Waals surface area contributed by atoms with Crippen molar-refractivity contribution in [2.75, 3.05) is 13.4 Å². The molecule has 1 aromatic rings. The maximum absolute atomic E-state index is 11.1. The highest BCUT2D eigenvalue weighted by atomic mass is 32.2. The number of hydrogen-bond acceptors (Lipinski definition) is 3. The van der Waals surface area contributed by atoms with Crippen LogP contribution in [0, 0.1) is 4.78 Å². The topological polar surface area (TPSA) is 50.1 Å². The minimum atomic E-state index is -2.44. The van der Waals surface area contributed by atoms with Crippen molar-refractivity contribution in [3.8, 4) is 5.75 Å². The molecule has 0 aromatic heterocycles. The maximum Gasteiger partial charge on any atom is 0.118 e. The molecule has 1 atom stereocenters. The van der Waals surface area contributed by atoms with Crippen molar-refractivity contribution >= 4 is 9.73 Å². The van der Waals surface area contributed by atoms with Crippen LogP contribution < -0.4 is 4.74 Å². The highest BCUT2D eigenvalue weighted by Crippen LogP contribution is 2.13. The van der Waals surface area contributed by atoms with Gasteiger partial charge in [-0.25, -0.2) is 4.21 Å². The van der Waals surface area contributed by atoms with E-state index in [1.165, 1.54) is 6.26 Å². The van der Waals surface area contributed by atoms with Gasteiger partial charge in [0.25, 0.3) is 0 Å². The monoisotopic (exact) mass is 199 g/mol. The van der Waals surface area contributed by atoms with Gasteiger partial charge in [-0.05, 0) is 17.7 Å². The average molecular weight is 199 g/mol. The fourth-order valence-electron chi connectivity index (χ4n) is 1.04. The van der Waals surface area contributed by atoms with E-state index < -0.39 is 9.73 Å². The van der Waals surface area contributed by atoms with Crippen LogP contribution in [-0.4, -0.2) is 17.6 Å². The number of hydrogen-bond donors (Lipinski definition) is 1. The van der Waals surface area contributed by atoms with Gasteiger partial charge < -0.3 is 4.74 Å². The minimum absolute atomic E-state index is 0.303. The highest BCUT2D eigenvalue weighted by Gasteiger charge is 2.00. The van der Waals surface area contributed by atoms with E-state index in [0.717, 1.165) is 11.3 Å². The number of benzene rings is 1. The van der Waals surface area contributed by atoms with Crippen LogP contribution in [0.1, 0.15) is 5.56 Å². The van der Waals surface area contributed by atoms with Gasteiger partial charge in [0.1, 0.15) is 5.75 Å². The van der Waals surface area contributed by atoms with Crippen molar-refractivity contribution in [2.24, 2.45) is 0 Å². The van der Waals surface area contributed by atoms with E-state index in [1.807, 2.05) is 12.1 Å². The van der Waals surface area contributed by atoms with Crippen LogP contribution in [0.5, 0.6) is 5.75 Å². The molecule has 3 nitrogen and oxygen atoms in total. The van der Waals surface area contributed by atoms with Gasteiger partial charge in [0, 0.05) is 16.0 Å². The number of methoxy groups -OCH3 is 1. The second-order valence-corrected chi connectivity index (χ2v) is 5.30. The summed E-state index contributed by atoms with van der Waals surface area (Å²) < 4.78 is 23.4. The molecule has 0 spiro atoms. The number of nitrogens with one attached hydrogen (secondary N) is 1. The van der Waals surface area contributed by atoms with Gasteiger partial charge in [0.15, 0.2) is 0 Å². The lowest BCUT2D eigenvalue weighted by molar-refractivity contribution is 0.414. The first kappa shape index (κ1) is 10.1. The lowest BCUT2D eigenvalue weighted by Gasteiger charge is -2.03. The van der Waals surface area contributed by atoms with Gasteiger partial charge in [0.05, 0.1) is 12.9 Å². The summed E-state index contributed by atoms with van der Waals surface area (Å²) in [5.74, 6) is 1.08. The van der Waals surface area contributed by atoms with E-state index in [9.17, 15) is 4.21 Å². The van der Waals surface area contributed by atoms with Gasteiger partial charge in [0.2, 0.25) is 0 Å². The Bertz CT molecular complexity index is 367. The Morgan fingerprint density at radius 2 is 1.92 bits per heavy atom. The van der Waals surface area contributed by atoms with Gasteiger partial charge in [-0.1, -0.05) is 12.1 Å². The molecule has 0 radical (unpaired) electrons. The molecule has 4 heteroatoms. The van der Waals surface area contributed by atoms with Gasteiger partial charge in [-0.3, -0.25) is 4.78 Å². The molecule has 0 saturated heterocycles. The predicted molar refractivity (Wildman–Crippen MR) is 53.5 cm³/mol. The Labute approximate surface area is 78.7 Å². The van der Waals surface area contributed by atoms with E-state index in [0.29, 0.717) is 5.75 Å². The number of ether oxygens (including phenoxy) is 1. The van der Waals surface area contributed by atoms with Crippen LogP contribution in [0.15, 0.2) is 24.3 Å². The van der Waals surface area contributed by atoms with E-state index in [1.54, 1.807) is 19.2 Å². The average Bonchev–Trinajstić information content (AvgIpc) is 2.03. The standard InChI is InChI=1S/C9H13NO2S/c1-12-9-5-3-8(4-6-9)7-13(2,10)11/h3-6,10H,7H2,1-2H3. The molecule has 13 heavy (non-hydrogen) atoms. The smallest absolute Gasteiger partial charge is 0.118 e. The zero-order valence-electron chi connectivity index (χ0n) is 7.74. The van der Waals surface area contributed by atoms with E-state index in [2.05, 4.69) is 0 Å². The summed E-state index contributed by atoms with van der Waals surface area (Å²) in [5, 5.41) is 0. The van der Waals surface area contributed by atoms with Crippen molar-refractivity contribution in [3.63, 3.8) is 0 Å². The Hall–Kier alpha value is -1.03. The van der Waals surface area contributed by atoms with Gasteiger partial charge in [-0.15, -0.1) is 0 Å². The van der Waals surface area contributed by atoms with Crippen molar-refractivity contribution in [3.05, 3.63) is 29.8 Å². The first-order chi connectivity index (χ1) is 6.01. The van der Waals surface area contributed by atoms with Gasteiger partial charge >= 0.3 is 0 Å². The molecule has 0 aliphatic rings. The van der Waals surface area contributed by atoms with Crippen molar-refractivity contribution < 1.29 is 8.95 Å². The Balaban J connectivity index is 2.81. The Kier molecular flexibility index (Phi) is 2.93. The van der Waals surface area contributed by atoms with E-state index in [-0.39, 0.29) is 0 Å². The minimum Gasteiger partial charge on any atom is -0.497 e. The van der Waals surface area contributed by atoms with Crippen LogP contribution in [0.4, 0.5) is 0 Å². The summed E-state index contributed by atoms with van der Waals surface area (Å²) in [6.07, 6.45) is 1.44. The summed E-state index contributed by atoms with van der Waals surface area (Å²) in [7, 11) is -0.838. The maximum atomic E-state index is 11.1. The lowest BCUT2D eigenvalue weighted by Crippen LogP contribution is -1.98. The molecule has 1 aromatic carbocycles. The summed E-state index contributed by atoms with van der Waals surface area (Å²) >= 11 is 0. The first-order valence-electron chi connectivity index (χ1n) is 3.86. The fourth-order valence-corrected chi connectivity index (χ4v) is 1.87. The molecule has 0 fully saturated rings.